The lowest BCUT2D eigenvalue weighted by Crippen LogP contribution is -2.45. The lowest BCUT2D eigenvalue weighted by Gasteiger charge is -2.35. The van der Waals surface area contributed by atoms with Crippen molar-refractivity contribution in [1.82, 2.24) is 9.62 Å². The molecule has 2 N–H and O–H groups in total. The number of carbonyl (C=O) groups is 1. The van der Waals surface area contributed by atoms with Gasteiger partial charge in [0, 0.05) is 24.8 Å². The number of sulfonamides is 1. The quantitative estimate of drug-likeness (QED) is 0.681. The van der Waals surface area contributed by atoms with Crippen molar-refractivity contribution in [2.45, 2.75) is 64.3 Å². The van der Waals surface area contributed by atoms with E-state index in [1.165, 1.54) is 0 Å². The van der Waals surface area contributed by atoms with E-state index in [0.29, 0.717) is 24.4 Å². The molecule has 0 aromatic heterocycles. The predicted molar refractivity (Wildman–Crippen MR) is 125 cm³/mol. The average Bonchev–Trinajstić information content (AvgIpc) is 2.69. The fourth-order valence-electron chi connectivity index (χ4n) is 4.43. The molecule has 1 aliphatic rings. The van der Waals surface area contributed by atoms with Crippen LogP contribution in [0.4, 0.5) is 10.5 Å². The van der Waals surface area contributed by atoms with E-state index < -0.39 is 10.0 Å². The lowest BCUT2D eigenvalue weighted by molar-refractivity contribution is 0.234. The Morgan fingerprint density at radius 3 is 2.29 bits per heavy atom. The van der Waals surface area contributed by atoms with Crippen LogP contribution in [0.1, 0.15) is 47.9 Å². The number of amides is 2. The van der Waals surface area contributed by atoms with Gasteiger partial charge in [-0.3, -0.25) is 0 Å². The van der Waals surface area contributed by atoms with Crippen LogP contribution in [-0.2, 0) is 10.0 Å². The number of nitrogens with zero attached hydrogens (tertiary/aromatic N) is 1. The Morgan fingerprint density at radius 1 is 1.00 bits per heavy atom. The van der Waals surface area contributed by atoms with Gasteiger partial charge in [-0.2, -0.15) is 4.31 Å². The molecular formula is C24H33N3O3S. The molecule has 2 aromatic carbocycles. The van der Waals surface area contributed by atoms with Crippen LogP contribution in [-0.4, -0.2) is 37.9 Å². The highest BCUT2D eigenvalue weighted by molar-refractivity contribution is 7.89. The zero-order valence-corrected chi connectivity index (χ0v) is 19.7. The number of urea groups is 1. The smallest absolute Gasteiger partial charge is 0.319 e. The second-order valence-electron chi connectivity index (χ2n) is 8.53. The number of rotatable bonds is 6. The van der Waals surface area contributed by atoms with Gasteiger partial charge in [0.15, 0.2) is 0 Å². The summed E-state index contributed by atoms with van der Waals surface area (Å²) in [5, 5.41) is 5.68. The first-order valence-corrected chi connectivity index (χ1v) is 12.3. The maximum Gasteiger partial charge on any atom is 0.319 e. The van der Waals surface area contributed by atoms with Crippen molar-refractivity contribution in [2.24, 2.45) is 0 Å². The molecular weight excluding hydrogens is 410 g/mol. The number of hydrogen-bond acceptors (Lipinski definition) is 3. The summed E-state index contributed by atoms with van der Waals surface area (Å²) in [4.78, 5) is 12.6. The minimum absolute atomic E-state index is 0.112. The summed E-state index contributed by atoms with van der Waals surface area (Å²) >= 11 is 0. The molecule has 2 aromatic rings. The summed E-state index contributed by atoms with van der Waals surface area (Å²) < 4.78 is 28.7. The van der Waals surface area contributed by atoms with E-state index in [2.05, 4.69) is 10.6 Å². The van der Waals surface area contributed by atoms with Gasteiger partial charge in [-0.05, 0) is 70.2 Å². The fourth-order valence-corrected chi connectivity index (χ4v) is 6.57. The molecule has 0 spiro atoms. The second kappa shape index (κ2) is 9.83. The number of aryl methyl sites for hydroxylation is 4. The van der Waals surface area contributed by atoms with Gasteiger partial charge in [-0.1, -0.05) is 41.8 Å². The number of anilines is 1. The molecule has 0 aliphatic carbocycles. The third kappa shape index (κ3) is 5.66. The Morgan fingerprint density at radius 2 is 1.65 bits per heavy atom. The van der Waals surface area contributed by atoms with Crippen LogP contribution in [0.5, 0.6) is 0 Å². The van der Waals surface area contributed by atoms with Crippen LogP contribution in [0.15, 0.2) is 41.3 Å². The van der Waals surface area contributed by atoms with E-state index in [1.54, 1.807) is 4.31 Å². The van der Waals surface area contributed by atoms with Gasteiger partial charge in [-0.15, -0.1) is 0 Å². The third-order valence-corrected chi connectivity index (χ3v) is 8.08. The molecule has 0 bridgehead atoms. The number of carbonyl (C=O) groups excluding carboxylic acids is 1. The highest BCUT2D eigenvalue weighted by atomic mass is 32.2. The second-order valence-corrected chi connectivity index (χ2v) is 10.4. The Bertz CT molecular complexity index is 1010. The van der Waals surface area contributed by atoms with E-state index >= 15 is 0 Å². The number of nitrogens with one attached hydrogen (secondary N) is 2. The Kier molecular flexibility index (Phi) is 7.38. The molecule has 168 valence electrons. The van der Waals surface area contributed by atoms with E-state index in [9.17, 15) is 13.2 Å². The summed E-state index contributed by atoms with van der Waals surface area (Å²) in [5.41, 5.74) is 4.50. The summed E-state index contributed by atoms with van der Waals surface area (Å²) in [7, 11) is -3.59. The molecule has 0 radical (unpaired) electrons. The predicted octanol–water partition coefficient (Wildman–Crippen LogP) is 4.68. The van der Waals surface area contributed by atoms with E-state index in [1.807, 2.05) is 64.1 Å². The fraction of sp³-hybridized carbons (Fsp3) is 0.458. The molecule has 1 heterocycles. The maximum atomic E-state index is 13.5. The third-order valence-electron chi connectivity index (χ3n) is 5.82. The monoisotopic (exact) mass is 443 g/mol. The Hall–Kier alpha value is -2.38. The molecule has 2 amide bonds. The van der Waals surface area contributed by atoms with Gasteiger partial charge < -0.3 is 10.6 Å². The first-order valence-electron chi connectivity index (χ1n) is 10.9. The molecule has 1 fully saturated rings. The van der Waals surface area contributed by atoms with Gasteiger partial charge >= 0.3 is 6.03 Å². The van der Waals surface area contributed by atoms with Crippen molar-refractivity contribution in [1.29, 1.82) is 0 Å². The SMILES string of the molecule is Cc1ccc(NC(=O)NCCC2CCCCN2S(=O)(=O)c2c(C)cc(C)cc2C)cc1. The topological polar surface area (TPSA) is 78.5 Å². The molecule has 1 atom stereocenters. The first kappa shape index (κ1) is 23.3. The number of piperidine rings is 1. The molecule has 3 rings (SSSR count). The summed E-state index contributed by atoms with van der Waals surface area (Å²) in [5.74, 6) is 0. The van der Waals surface area contributed by atoms with Crippen molar-refractivity contribution >= 4 is 21.7 Å². The van der Waals surface area contributed by atoms with Crippen molar-refractivity contribution in [2.75, 3.05) is 18.4 Å². The van der Waals surface area contributed by atoms with Crippen molar-refractivity contribution in [3.8, 4) is 0 Å². The lowest BCUT2D eigenvalue weighted by atomic mass is 10.0. The highest BCUT2D eigenvalue weighted by Crippen LogP contribution is 2.31. The molecule has 7 heteroatoms. The molecule has 31 heavy (non-hydrogen) atoms. The van der Waals surface area contributed by atoms with E-state index in [0.717, 1.165) is 47.2 Å². The minimum atomic E-state index is -3.59. The van der Waals surface area contributed by atoms with Crippen LogP contribution in [0.3, 0.4) is 0 Å². The normalized spacial score (nSPS) is 17.4. The van der Waals surface area contributed by atoms with E-state index in [4.69, 9.17) is 0 Å². The standard InChI is InChI=1S/C24H33N3O3S/c1-17-8-10-21(11-9-17)26-24(28)25-13-12-22-7-5-6-14-27(22)31(29,30)23-19(3)15-18(2)16-20(23)4/h8-11,15-16,22H,5-7,12-14H2,1-4H3,(H2,25,26,28). The molecule has 6 nitrogen and oxygen atoms in total. The van der Waals surface area contributed by atoms with Gasteiger partial charge in [-0.25, -0.2) is 13.2 Å². The zero-order chi connectivity index (χ0) is 22.6. The molecule has 1 aliphatic heterocycles. The van der Waals surface area contributed by atoms with Gasteiger partial charge in [0.25, 0.3) is 0 Å². The number of hydrogen-bond donors (Lipinski definition) is 2. The Labute approximate surface area is 186 Å². The van der Waals surface area contributed by atoms with Crippen LogP contribution in [0.2, 0.25) is 0 Å². The molecule has 1 unspecified atom stereocenters. The van der Waals surface area contributed by atoms with Crippen LogP contribution >= 0.6 is 0 Å². The highest BCUT2D eigenvalue weighted by Gasteiger charge is 2.35. The van der Waals surface area contributed by atoms with Gasteiger partial charge in [0.2, 0.25) is 10.0 Å². The zero-order valence-electron chi connectivity index (χ0n) is 18.9. The van der Waals surface area contributed by atoms with Gasteiger partial charge in [0.05, 0.1) is 4.90 Å². The van der Waals surface area contributed by atoms with Crippen molar-refractivity contribution < 1.29 is 13.2 Å². The van der Waals surface area contributed by atoms with Crippen molar-refractivity contribution in [3.63, 3.8) is 0 Å². The molecule has 1 saturated heterocycles. The number of benzene rings is 2. The average molecular weight is 444 g/mol. The summed E-state index contributed by atoms with van der Waals surface area (Å²) in [6, 6.07) is 11.1. The van der Waals surface area contributed by atoms with Crippen LogP contribution < -0.4 is 10.6 Å². The first-order chi connectivity index (χ1) is 14.7. The molecule has 0 saturated carbocycles. The van der Waals surface area contributed by atoms with Crippen molar-refractivity contribution in [3.05, 3.63) is 58.7 Å². The van der Waals surface area contributed by atoms with E-state index in [-0.39, 0.29) is 12.1 Å². The largest absolute Gasteiger partial charge is 0.338 e. The van der Waals surface area contributed by atoms with Crippen LogP contribution in [0.25, 0.3) is 0 Å². The summed E-state index contributed by atoms with van der Waals surface area (Å²) in [6.45, 7) is 8.64. The summed E-state index contributed by atoms with van der Waals surface area (Å²) in [6.07, 6.45) is 3.26. The maximum absolute atomic E-state index is 13.5. The minimum Gasteiger partial charge on any atom is -0.338 e. The van der Waals surface area contributed by atoms with Crippen LogP contribution in [0, 0.1) is 27.7 Å². The Balaban J connectivity index is 1.65. The van der Waals surface area contributed by atoms with Gasteiger partial charge in [0.1, 0.15) is 0 Å².